The maximum atomic E-state index is 12.7. The van der Waals surface area contributed by atoms with Crippen LogP contribution in [0, 0.1) is 39.5 Å². The monoisotopic (exact) mass is 1850 g/mol. The number of carboxylic acids is 1. The first kappa shape index (κ1) is 106. The summed E-state index contributed by atoms with van der Waals surface area (Å²) in [5, 5.41) is 29.2. The van der Waals surface area contributed by atoms with Crippen molar-refractivity contribution in [3.05, 3.63) is 99.7 Å². The Bertz CT molecular complexity index is 3080. The van der Waals surface area contributed by atoms with Gasteiger partial charge in [0.05, 0.1) is 18.4 Å². The molecular weight excluding hydrogens is 1750 g/mol. The van der Waals surface area contributed by atoms with Crippen LogP contribution < -0.4 is 108 Å². The first-order chi connectivity index (χ1) is 50.7. The number of thiophene rings is 4. The molecule has 107 heavy (non-hydrogen) atoms. The molecular formula is C73H104Cl4K2N2O13S13. The summed E-state index contributed by atoms with van der Waals surface area (Å²) in [6.07, 6.45) is 30.1. The van der Waals surface area contributed by atoms with E-state index in [0.717, 1.165) is 137 Å². The molecule has 0 amide bonds. The van der Waals surface area contributed by atoms with Crippen molar-refractivity contribution in [2.45, 2.75) is 209 Å². The standard InChI is InChI=1S/C28H37NO3S4.C20H25NO2S2.2C8H13ClOS2.C8H14O2S2.CH2O3.Cl2OS.2K.H/c1-20-11-16-33-26(20)24(27-21(2)12-17-34-27)9-6-15-29-14-5-7-22(19-29)28(31)32-25(30)10-4-3-8-23-13-18-35-36-23;1-14-7-11-24-18(14)17(19-15(2)8-12-25-19)6-4-10-21-9-3-5-16(13-21)20(22)23;2*9-8(10)4-2-1-3-7-5-6-11-12-7;9-7-10-5-2-1-3-8-4-6-11-12-8;2-1-4-3;1-4(2)3;;;/h9,11-12,16-17,22-23H,3-8,10,13-15,18-19H2,1-2H3;6-8,11-12,16H,3-5,9-10,13H2,1-2H3,(H,22,23);2*7H,1-6H2;7-8H,1-6H2;1,3H;;;;/q;;;;;;;2*+1;-1/p-1/t22?,23-;;2*7-;8-;;;;;/m1.111...../s1. The summed E-state index contributed by atoms with van der Waals surface area (Å²) in [5.41, 5.74) is 7.97. The number of likely N-dealkylation sites (tertiary alicyclic amines) is 2. The summed E-state index contributed by atoms with van der Waals surface area (Å²) in [7, 11) is 23.2. The molecule has 6 saturated heterocycles. The van der Waals surface area contributed by atoms with E-state index in [1.54, 1.807) is 45.3 Å². The minimum Gasteiger partial charge on any atom is -1.00 e. The topological polar surface area (TPSA) is 214 Å². The van der Waals surface area contributed by atoms with Crippen molar-refractivity contribution in [3.8, 4) is 0 Å². The Morgan fingerprint density at radius 1 is 0.542 bits per heavy atom. The van der Waals surface area contributed by atoms with Gasteiger partial charge < -0.3 is 36.0 Å². The van der Waals surface area contributed by atoms with Gasteiger partial charge in [0, 0.05) is 141 Å². The molecule has 592 valence electrons. The fourth-order valence-electron chi connectivity index (χ4n) is 11.9. The van der Waals surface area contributed by atoms with Crippen molar-refractivity contribution in [1.29, 1.82) is 0 Å². The maximum Gasteiger partial charge on any atom is 1.00 e. The number of carbonyl (C=O) groups is 7. The minimum atomic E-state index is -1.67. The van der Waals surface area contributed by atoms with Crippen LogP contribution in [0.5, 0.6) is 0 Å². The van der Waals surface area contributed by atoms with Gasteiger partial charge in [0.1, 0.15) is 0 Å². The van der Waals surface area contributed by atoms with Gasteiger partial charge in [-0.05, 0) is 254 Å². The number of hydrogen-bond acceptors (Lipinski definition) is 26. The Morgan fingerprint density at radius 2 is 0.879 bits per heavy atom. The second-order valence-corrected chi connectivity index (χ2v) is 43.7. The van der Waals surface area contributed by atoms with Gasteiger partial charge in [-0.25, -0.2) is 4.21 Å². The van der Waals surface area contributed by atoms with Crippen LogP contribution in [-0.2, 0) is 57.1 Å². The van der Waals surface area contributed by atoms with E-state index in [1.165, 1.54) is 127 Å². The van der Waals surface area contributed by atoms with Crippen LogP contribution in [0.1, 0.15) is 204 Å². The summed E-state index contributed by atoms with van der Waals surface area (Å²) < 4.78 is 18.9. The van der Waals surface area contributed by atoms with E-state index in [0.29, 0.717) is 45.4 Å². The molecule has 1 N–H and O–H groups in total. The van der Waals surface area contributed by atoms with Crippen LogP contribution in [0.3, 0.4) is 0 Å². The van der Waals surface area contributed by atoms with Crippen LogP contribution in [0.4, 0.5) is 0 Å². The summed E-state index contributed by atoms with van der Waals surface area (Å²) in [5.74, 6) is 3.42. The molecule has 10 heterocycles. The Kier molecular flexibility index (Phi) is 65.3. The fraction of sp³-hybridized carbons (Fsp3) is 0.630. The Morgan fingerprint density at radius 3 is 1.18 bits per heavy atom. The number of halogens is 4. The zero-order chi connectivity index (χ0) is 76.4. The van der Waals surface area contributed by atoms with Crippen molar-refractivity contribution in [2.24, 2.45) is 11.8 Å². The number of nitrogens with zero attached hydrogens (tertiary/aromatic N) is 2. The van der Waals surface area contributed by atoms with E-state index in [9.17, 15) is 33.9 Å². The summed E-state index contributed by atoms with van der Waals surface area (Å²) in [4.78, 5) is 88.0. The van der Waals surface area contributed by atoms with Crippen molar-refractivity contribution < 1.29 is 167 Å². The van der Waals surface area contributed by atoms with Crippen molar-refractivity contribution >= 4 is 238 Å². The van der Waals surface area contributed by atoms with Gasteiger partial charge in [0.15, 0.2) is 0 Å². The molecule has 0 saturated carbocycles. The van der Waals surface area contributed by atoms with Gasteiger partial charge in [0.2, 0.25) is 19.7 Å². The number of aliphatic carboxylic acids is 1. The van der Waals surface area contributed by atoms with E-state index in [2.05, 4.69) is 126 Å². The maximum absolute atomic E-state index is 12.7. The molecule has 4 aromatic heterocycles. The largest absolute Gasteiger partial charge is 1.00 e. The molecule has 15 nitrogen and oxygen atoms in total. The molecule has 10 rings (SSSR count). The average molecular weight is 1850 g/mol. The number of ether oxygens (including phenoxy) is 2. The number of piperidine rings is 2. The van der Waals surface area contributed by atoms with E-state index >= 15 is 0 Å². The van der Waals surface area contributed by atoms with Gasteiger partial charge in [0.25, 0.3) is 12.9 Å². The van der Waals surface area contributed by atoms with Crippen LogP contribution >= 0.6 is 176 Å². The fourth-order valence-corrected chi connectivity index (χ4v) is 28.3. The first-order valence-corrected chi connectivity index (χ1v) is 52.3. The van der Waals surface area contributed by atoms with Crippen LogP contribution in [0.15, 0.2) is 57.9 Å². The van der Waals surface area contributed by atoms with Crippen molar-refractivity contribution in [2.75, 3.05) is 68.9 Å². The normalized spacial score (nSPS) is 19.3. The zero-order valence-electron chi connectivity index (χ0n) is 63.4. The molecule has 0 radical (unpaired) electrons. The Hall–Kier alpha value is 2.43. The molecule has 6 aliphatic heterocycles. The summed E-state index contributed by atoms with van der Waals surface area (Å²) in [6.45, 7) is 14.9. The van der Waals surface area contributed by atoms with Gasteiger partial charge in [-0.3, -0.25) is 33.6 Å². The first-order valence-electron chi connectivity index (χ1n) is 35.7. The van der Waals surface area contributed by atoms with E-state index in [1.807, 2.05) is 86.4 Å². The molecule has 0 aromatic carbocycles. The van der Waals surface area contributed by atoms with Gasteiger partial charge in [-0.15, -0.1) is 45.3 Å². The third-order valence-electron chi connectivity index (χ3n) is 17.4. The number of hydrogen-bond donors (Lipinski definition) is 1. The van der Waals surface area contributed by atoms with E-state index < -0.39 is 15.2 Å². The summed E-state index contributed by atoms with van der Waals surface area (Å²) in [6, 6.07) is 8.73. The number of esters is 2. The van der Waals surface area contributed by atoms with Gasteiger partial charge in [-0.2, -0.15) is 0 Å². The third-order valence-corrected chi connectivity index (χ3v) is 34.0. The SMILES string of the molecule is Cc1ccsc1C(=CCCN1CCCC(C(=O)O)C1)c1sccc1C.Cc1ccsc1C(=CCCN1CCCC(C(=O)OC(=O)CCCC[C@@H]2CCSS2)C1)c1sccc1C.O=C(Cl)CCCC[C@@H]1CCSS1.O=C(Cl)CCCC[C@@H]1CCSS1.O=COCCCC[C@@H]1CCSS1.O=CO[O-].O=S(Cl)Cl.[H-].[K+].[K+]. The molecule has 6 aliphatic rings. The van der Waals surface area contributed by atoms with Gasteiger partial charge in [-0.1, -0.05) is 118 Å². The number of unbranched alkanes of at least 4 members (excludes halogenated alkanes) is 4. The molecule has 0 spiro atoms. The molecule has 0 aliphatic carbocycles. The van der Waals surface area contributed by atoms with Crippen molar-refractivity contribution in [3.63, 3.8) is 0 Å². The smallest absolute Gasteiger partial charge is 1.00 e. The predicted octanol–water partition coefficient (Wildman–Crippen LogP) is 15.8. The molecule has 0 bridgehead atoms. The Balaban J connectivity index is 0.000000702. The van der Waals surface area contributed by atoms with Crippen molar-refractivity contribution in [1.82, 2.24) is 9.80 Å². The van der Waals surface area contributed by atoms with Crippen LogP contribution in [-0.4, -0.2) is 150 Å². The van der Waals surface area contributed by atoms with Crippen LogP contribution in [0.2, 0.25) is 0 Å². The molecule has 6 atom stereocenters. The number of carboxylic acid groups (broad SMARTS) is 1. The summed E-state index contributed by atoms with van der Waals surface area (Å²) >= 11 is 17.7. The Labute approximate surface area is 792 Å². The number of rotatable bonds is 34. The zero-order valence-corrected chi connectivity index (χ0v) is 82.3. The van der Waals surface area contributed by atoms with E-state index in [4.69, 9.17) is 42.2 Å². The molecule has 6 fully saturated rings. The molecule has 34 heteroatoms. The van der Waals surface area contributed by atoms with Crippen LogP contribution in [0.25, 0.3) is 11.1 Å². The second-order valence-electron chi connectivity index (χ2n) is 25.6. The van der Waals surface area contributed by atoms with Gasteiger partial charge >= 0.3 is 121 Å². The third kappa shape index (κ3) is 48.3. The van der Waals surface area contributed by atoms with E-state index in [-0.39, 0.29) is 145 Å². The minimum absolute atomic E-state index is 0. The number of aryl methyl sites for hydroxylation is 4. The number of carbonyl (C=O) groups excluding carboxylic acids is 6. The molecule has 2 unspecified atom stereocenters. The average Bonchev–Trinajstić information content (AvgIpc) is 1.67. The second kappa shape index (κ2) is 66.3. The molecule has 4 aromatic rings. The predicted molar refractivity (Wildman–Crippen MR) is 462 cm³/mol. The quantitative estimate of drug-likeness (QED) is 0.00530.